The second kappa shape index (κ2) is 4.40. The van der Waals surface area contributed by atoms with Crippen molar-refractivity contribution in [3.8, 4) is 0 Å². The Hall–Kier alpha value is -1.34. The third-order valence-corrected chi connectivity index (χ3v) is 2.86. The normalized spacial score (nSPS) is 14.1. The lowest BCUT2D eigenvalue weighted by atomic mass is 10.2. The Morgan fingerprint density at radius 2 is 2.11 bits per heavy atom. The summed E-state index contributed by atoms with van der Waals surface area (Å²) in [6, 6.07) is 1.62. The van der Waals surface area contributed by atoms with E-state index in [-0.39, 0.29) is 18.2 Å². The summed E-state index contributed by atoms with van der Waals surface area (Å²) in [6.45, 7) is 1.47. The van der Waals surface area contributed by atoms with E-state index >= 15 is 0 Å². The summed E-state index contributed by atoms with van der Waals surface area (Å²) in [7, 11) is 0. The molecular formula is C10H9ClF3N3O. The second-order valence-electron chi connectivity index (χ2n) is 3.88. The van der Waals surface area contributed by atoms with Crippen molar-refractivity contribution < 1.29 is 18.3 Å². The van der Waals surface area contributed by atoms with Crippen LogP contribution in [0.15, 0.2) is 12.1 Å². The van der Waals surface area contributed by atoms with Crippen molar-refractivity contribution in [1.82, 2.24) is 15.0 Å². The largest absolute Gasteiger partial charge is 0.417 e. The highest BCUT2D eigenvalue weighted by Crippen LogP contribution is 2.36. The van der Waals surface area contributed by atoms with E-state index in [0.29, 0.717) is 5.52 Å². The maximum atomic E-state index is 12.6. The Morgan fingerprint density at radius 1 is 1.44 bits per heavy atom. The smallest absolute Gasteiger partial charge is 0.394 e. The number of hydrogen-bond acceptors (Lipinski definition) is 3. The monoisotopic (exact) mass is 279 g/mol. The van der Waals surface area contributed by atoms with Crippen molar-refractivity contribution in [2.24, 2.45) is 0 Å². The number of rotatable bonds is 2. The minimum absolute atomic E-state index is 0.0898. The fourth-order valence-electron chi connectivity index (χ4n) is 1.58. The Morgan fingerprint density at radius 3 is 2.67 bits per heavy atom. The molecule has 1 aromatic heterocycles. The zero-order chi connectivity index (χ0) is 13.5. The first-order valence-corrected chi connectivity index (χ1v) is 5.45. The topological polar surface area (TPSA) is 50.9 Å². The van der Waals surface area contributed by atoms with Crippen molar-refractivity contribution in [3.05, 3.63) is 22.7 Å². The van der Waals surface area contributed by atoms with E-state index in [4.69, 9.17) is 16.7 Å². The molecule has 0 aliphatic rings. The standard InChI is InChI=1S/C10H9ClF3N3O/c1-5(4-18)17-9-3-7(11)6(10(12,13)14)2-8(9)15-16-17/h2-3,5,18H,4H2,1H3. The van der Waals surface area contributed by atoms with Crippen molar-refractivity contribution >= 4 is 22.6 Å². The van der Waals surface area contributed by atoms with E-state index in [1.807, 2.05) is 0 Å². The lowest BCUT2D eigenvalue weighted by molar-refractivity contribution is -0.137. The van der Waals surface area contributed by atoms with Gasteiger partial charge in [0.1, 0.15) is 5.52 Å². The molecule has 0 saturated heterocycles. The van der Waals surface area contributed by atoms with Gasteiger partial charge in [-0.1, -0.05) is 16.8 Å². The summed E-state index contributed by atoms with van der Waals surface area (Å²) in [4.78, 5) is 0. The van der Waals surface area contributed by atoms with Gasteiger partial charge in [-0.05, 0) is 19.1 Å². The van der Waals surface area contributed by atoms with Gasteiger partial charge in [0, 0.05) is 0 Å². The molecule has 0 spiro atoms. The molecule has 0 aliphatic carbocycles. The average Bonchev–Trinajstić information content (AvgIpc) is 2.68. The molecule has 1 aromatic carbocycles. The number of alkyl halides is 3. The highest BCUT2D eigenvalue weighted by Gasteiger charge is 2.34. The van der Waals surface area contributed by atoms with E-state index < -0.39 is 16.8 Å². The van der Waals surface area contributed by atoms with Crippen LogP contribution >= 0.6 is 11.6 Å². The summed E-state index contributed by atoms with van der Waals surface area (Å²) in [5.41, 5.74) is -0.498. The van der Waals surface area contributed by atoms with Crippen LogP contribution in [0.25, 0.3) is 11.0 Å². The molecule has 18 heavy (non-hydrogen) atoms. The van der Waals surface area contributed by atoms with Gasteiger partial charge >= 0.3 is 6.18 Å². The SMILES string of the molecule is CC(CO)n1nnc2cc(C(F)(F)F)c(Cl)cc21. The lowest BCUT2D eigenvalue weighted by Crippen LogP contribution is -2.11. The zero-order valence-electron chi connectivity index (χ0n) is 9.24. The molecule has 1 heterocycles. The van der Waals surface area contributed by atoms with Crippen molar-refractivity contribution in [3.63, 3.8) is 0 Å². The van der Waals surface area contributed by atoms with E-state index in [2.05, 4.69) is 10.3 Å². The Kier molecular flexibility index (Phi) is 3.20. The molecule has 0 aliphatic heterocycles. The third-order valence-electron chi connectivity index (χ3n) is 2.55. The Bertz CT molecular complexity index is 581. The van der Waals surface area contributed by atoms with Gasteiger partial charge in [0.2, 0.25) is 0 Å². The molecule has 98 valence electrons. The van der Waals surface area contributed by atoms with Crippen LogP contribution in [-0.2, 0) is 6.18 Å². The maximum Gasteiger partial charge on any atom is 0.417 e. The summed E-state index contributed by atoms with van der Waals surface area (Å²) < 4.78 is 39.2. The number of hydrogen-bond donors (Lipinski definition) is 1. The minimum Gasteiger partial charge on any atom is -0.394 e. The van der Waals surface area contributed by atoms with Crippen molar-refractivity contribution in [2.45, 2.75) is 19.1 Å². The van der Waals surface area contributed by atoms with Gasteiger partial charge in [-0.2, -0.15) is 13.2 Å². The molecule has 2 aromatic rings. The molecular weight excluding hydrogens is 271 g/mol. The molecule has 1 N–H and O–H groups in total. The highest BCUT2D eigenvalue weighted by atomic mass is 35.5. The lowest BCUT2D eigenvalue weighted by Gasteiger charge is -2.11. The van der Waals surface area contributed by atoms with Crippen LogP contribution in [0.4, 0.5) is 13.2 Å². The first-order chi connectivity index (χ1) is 8.34. The van der Waals surface area contributed by atoms with Crippen LogP contribution in [0.3, 0.4) is 0 Å². The van der Waals surface area contributed by atoms with Crippen LogP contribution in [0, 0.1) is 0 Å². The van der Waals surface area contributed by atoms with Crippen LogP contribution in [-0.4, -0.2) is 26.7 Å². The molecule has 0 radical (unpaired) electrons. The van der Waals surface area contributed by atoms with E-state index in [1.54, 1.807) is 6.92 Å². The summed E-state index contributed by atoms with van der Waals surface area (Å²) in [5.74, 6) is 0. The number of nitrogens with zero attached hydrogens (tertiary/aromatic N) is 3. The molecule has 1 atom stereocenters. The quantitative estimate of drug-likeness (QED) is 0.919. The summed E-state index contributed by atoms with van der Waals surface area (Å²) >= 11 is 5.61. The van der Waals surface area contributed by atoms with Gasteiger partial charge in [-0.15, -0.1) is 5.10 Å². The molecule has 1 unspecified atom stereocenters. The fourth-order valence-corrected chi connectivity index (χ4v) is 1.84. The van der Waals surface area contributed by atoms with Gasteiger partial charge in [-0.25, -0.2) is 4.68 Å². The number of halogens is 4. The molecule has 4 nitrogen and oxygen atoms in total. The van der Waals surface area contributed by atoms with Gasteiger partial charge in [0.15, 0.2) is 0 Å². The maximum absolute atomic E-state index is 12.6. The summed E-state index contributed by atoms with van der Waals surface area (Å²) in [6.07, 6.45) is -4.53. The number of aliphatic hydroxyl groups excluding tert-OH is 1. The predicted octanol–water partition coefficient (Wildman–Crippen LogP) is 2.66. The number of aromatic nitrogens is 3. The number of benzene rings is 1. The molecule has 8 heteroatoms. The second-order valence-corrected chi connectivity index (χ2v) is 4.29. The molecule has 0 amide bonds. The molecule has 2 rings (SSSR count). The number of fused-ring (bicyclic) bond motifs is 1. The first kappa shape index (κ1) is 13.1. The van der Waals surface area contributed by atoms with Crippen molar-refractivity contribution in [1.29, 1.82) is 0 Å². The summed E-state index contributed by atoms with van der Waals surface area (Å²) in [5, 5.41) is 16.0. The molecule has 0 saturated carbocycles. The third kappa shape index (κ3) is 2.15. The van der Waals surface area contributed by atoms with E-state index in [0.717, 1.165) is 12.1 Å². The number of aliphatic hydroxyl groups is 1. The average molecular weight is 280 g/mol. The van der Waals surface area contributed by atoms with Crippen LogP contribution in [0.2, 0.25) is 5.02 Å². The van der Waals surface area contributed by atoms with Gasteiger partial charge in [0.25, 0.3) is 0 Å². The van der Waals surface area contributed by atoms with Gasteiger partial charge in [0.05, 0.1) is 28.8 Å². The van der Waals surface area contributed by atoms with Gasteiger partial charge < -0.3 is 5.11 Å². The Labute approximate surface area is 105 Å². The van der Waals surface area contributed by atoms with Gasteiger partial charge in [-0.3, -0.25) is 0 Å². The molecule has 0 bridgehead atoms. The molecule has 0 fully saturated rings. The van der Waals surface area contributed by atoms with Crippen LogP contribution in [0.5, 0.6) is 0 Å². The highest BCUT2D eigenvalue weighted by molar-refractivity contribution is 6.32. The fraction of sp³-hybridized carbons (Fsp3) is 0.400. The predicted molar refractivity (Wildman–Crippen MR) is 59.3 cm³/mol. The zero-order valence-corrected chi connectivity index (χ0v) is 10.00. The van der Waals surface area contributed by atoms with Crippen molar-refractivity contribution in [2.75, 3.05) is 6.61 Å². The first-order valence-electron chi connectivity index (χ1n) is 5.07. The van der Waals surface area contributed by atoms with Crippen LogP contribution < -0.4 is 0 Å². The Balaban J connectivity index is 2.63. The van der Waals surface area contributed by atoms with Crippen LogP contribution in [0.1, 0.15) is 18.5 Å². The minimum atomic E-state index is -4.53. The van der Waals surface area contributed by atoms with E-state index in [9.17, 15) is 13.2 Å². The van der Waals surface area contributed by atoms with E-state index in [1.165, 1.54) is 4.68 Å².